The summed E-state index contributed by atoms with van der Waals surface area (Å²) in [6, 6.07) is 0.422. The predicted molar refractivity (Wildman–Crippen MR) is 74.6 cm³/mol. The van der Waals surface area contributed by atoms with E-state index in [1.54, 1.807) is 11.3 Å². The minimum atomic E-state index is 0.422. The van der Waals surface area contributed by atoms with Crippen LogP contribution in [0.3, 0.4) is 0 Å². The average molecular weight is 260 g/mol. The third kappa shape index (κ3) is 2.99. The molecule has 92 valence electrons. The summed E-state index contributed by atoms with van der Waals surface area (Å²) in [5.74, 6) is 0.676. The Bertz CT molecular complexity index is 318. The Labute approximate surface area is 108 Å². The van der Waals surface area contributed by atoms with Crippen LogP contribution in [0, 0.1) is 12.8 Å². The van der Waals surface area contributed by atoms with Gasteiger partial charge in [-0.05, 0) is 30.3 Å². The van der Waals surface area contributed by atoms with Crippen molar-refractivity contribution in [2.75, 3.05) is 6.54 Å². The zero-order chi connectivity index (χ0) is 12.1. The Hall–Kier alpha value is -0.0500. The number of thiophene rings is 1. The molecule has 1 heterocycles. The lowest BCUT2D eigenvalue weighted by molar-refractivity contribution is 0.351. The van der Waals surface area contributed by atoms with Gasteiger partial charge in [-0.2, -0.15) is 0 Å². The first-order valence-corrected chi connectivity index (χ1v) is 7.38. The molecule has 16 heavy (non-hydrogen) atoms. The molecule has 0 aliphatic carbocycles. The summed E-state index contributed by atoms with van der Waals surface area (Å²) >= 11 is 8.16. The van der Waals surface area contributed by atoms with Crippen molar-refractivity contribution >= 4 is 22.9 Å². The van der Waals surface area contributed by atoms with Gasteiger partial charge in [-0.15, -0.1) is 11.3 Å². The van der Waals surface area contributed by atoms with Gasteiger partial charge in [-0.1, -0.05) is 45.2 Å². The lowest BCUT2D eigenvalue weighted by Crippen LogP contribution is -2.27. The molecule has 1 aromatic rings. The molecule has 0 fully saturated rings. The first-order chi connectivity index (χ1) is 7.65. The van der Waals surface area contributed by atoms with Gasteiger partial charge in [0.05, 0.1) is 5.02 Å². The second-order valence-electron chi connectivity index (χ2n) is 4.21. The summed E-state index contributed by atoms with van der Waals surface area (Å²) in [4.78, 5) is 1.31. The molecule has 1 aromatic heterocycles. The molecule has 1 atom stereocenters. The molecule has 1 rings (SSSR count). The topological polar surface area (TPSA) is 12.0 Å². The van der Waals surface area contributed by atoms with E-state index in [1.807, 2.05) is 0 Å². The monoisotopic (exact) mass is 259 g/mol. The highest BCUT2D eigenvalue weighted by molar-refractivity contribution is 7.10. The average Bonchev–Trinajstić information content (AvgIpc) is 2.60. The molecule has 3 heteroatoms. The largest absolute Gasteiger partial charge is 0.309 e. The molecule has 0 spiro atoms. The molecule has 0 aliphatic rings. The van der Waals surface area contributed by atoms with Crippen molar-refractivity contribution in [2.45, 2.75) is 46.6 Å². The maximum Gasteiger partial charge on any atom is 0.0590 e. The van der Waals surface area contributed by atoms with Gasteiger partial charge in [-0.3, -0.25) is 0 Å². The minimum Gasteiger partial charge on any atom is -0.309 e. The van der Waals surface area contributed by atoms with E-state index in [0.29, 0.717) is 12.0 Å². The third-order valence-corrected chi connectivity index (χ3v) is 4.95. The van der Waals surface area contributed by atoms with Crippen molar-refractivity contribution in [3.8, 4) is 0 Å². The van der Waals surface area contributed by atoms with E-state index in [1.165, 1.54) is 23.3 Å². The van der Waals surface area contributed by atoms with Gasteiger partial charge in [0.2, 0.25) is 0 Å². The molecule has 0 bridgehead atoms. The van der Waals surface area contributed by atoms with Crippen molar-refractivity contribution in [3.63, 3.8) is 0 Å². The predicted octanol–water partition coefficient (Wildman–Crippen LogP) is 4.80. The highest BCUT2D eigenvalue weighted by atomic mass is 35.5. The maximum atomic E-state index is 6.37. The SMILES string of the molecule is CCNC(c1scc(C)c1Cl)C(CC)CC. The van der Waals surface area contributed by atoms with E-state index in [0.717, 1.165) is 11.6 Å². The van der Waals surface area contributed by atoms with Crippen molar-refractivity contribution < 1.29 is 0 Å². The van der Waals surface area contributed by atoms with Crippen LogP contribution >= 0.6 is 22.9 Å². The molecule has 0 saturated carbocycles. The summed E-state index contributed by atoms with van der Waals surface area (Å²) < 4.78 is 0. The second-order valence-corrected chi connectivity index (χ2v) is 5.50. The minimum absolute atomic E-state index is 0.422. The van der Waals surface area contributed by atoms with Crippen LogP contribution in [-0.4, -0.2) is 6.54 Å². The van der Waals surface area contributed by atoms with Crippen LogP contribution in [0.5, 0.6) is 0 Å². The van der Waals surface area contributed by atoms with Crippen molar-refractivity contribution in [1.29, 1.82) is 0 Å². The van der Waals surface area contributed by atoms with Crippen molar-refractivity contribution in [3.05, 3.63) is 20.8 Å². The lowest BCUT2D eigenvalue weighted by Gasteiger charge is -2.25. The number of aryl methyl sites for hydroxylation is 1. The summed E-state index contributed by atoms with van der Waals surface area (Å²) in [5, 5.41) is 6.70. The number of hydrogen-bond acceptors (Lipinski definition) is 2. The van der Waals surface area contributed by atoms with Gasteiger partial charge >= 0.3 is 0 Å². The van der Waals surface area contributed by atoms with E-state index in [-0.39, 0.29) is 0 Å². The van der Waals surface area contributed by atoms with Gasteiger partial charge in [0, 0.05) is 10.9 Å². The van der Waals surface area contributed by atoms with Gasteiger partial charge in [0.1, 0.15) is 0 Å². The zero-order valence-electron chi connectivity index (χ0n) is 10.6. The fourth-order valence-corrected chi connectivity index (χ4v) is 3.59. The Balaban J connectivity index is 2.96. The van der Waals surface area contributed by atoms with Crippen LogP contribution in [0.15, 0.2) is 5.38 Å². The highest BCUT2D eigenvalue weighted by Crippen LogP contribution is 2.37. The molecule has 1 unspecified atom stereocenters. The van der Waals surface area contributed by atoms with Crippen molar-refractivity contribution in [2.24, 2.45) is 5.92 Å². The highest BCUT2D eigenvalue weighted by Gasteiger charge is 2.23. The standard InChI is InChI=1S/C13H22ClNS/c1-5-10(6-2)12(15-7-3)13-11(14)9(4)8-16-13/h8,10,12,15H,5-7H2,1-4H3. The fourth-order valence-electron chi connectivity index (χ4n) is 2.11. The number of hydrogen-bond donors (Lipinski definition) is 1. The van der Waals surface area contributed by atoms with E-state index in [2.05, 4.69) is 38.4 Å². The smallest absolute Gasteiger partial charge is 0.0590 e. The van der Waals surface area contributed by atoms with Crippen LogP contribution in [0.4, 0.5) is 0 Å². The maximum absolute atomic E-state index is 6.37. The van der Waals surface area contributed by atoms with Crippen LogP contribution < -0.4 is 5.32 Å². The van der Waals surface area contributed by atoms with Gasteiger partial charge in [-0.25, -0.2) is 0 Å². The normalized spacial score (nSPS) is 13.4. The van der Waals surface area contributed by atoms with E-state index in [4.69, 9.17) is 11.6 Å². The van der Waals surface area contributed by atoms with Crippen LogP contribution in [0.2, 0.25) is 5.02 Å². The molecule has 0 saturated heterocycles. The molecule has 1 N–H and O–H groups in total. The summed E-state index contributed by atoms with van der Waals surface area (Å²) in [5.41, 5.74) is 1.20. The second kappa shape index (κ2) is 6.63. The molecular formula is C13H22ClNS. The molecule has 0 aliphatic heterocycles. The first-order valence-electron chi connectivity index (χ1n) is 6.12. The number of halogens is 1. The van der Waals surface area contributed by atoms with Gasteiger partial charge in [0.25, 0.3) is 0 Å². The van der Waals surface area contributed by atoms with Crippen LogP contribution in [0.25, 0.3) is 0 Å². The summed E-state index contributed by atoms with van der Waals surface area (Å²) in [6.45, 7) is 9.75. The molecule has 0 aromatic carbocycles. The number of rotatable bonds is 6. The Morgan fingerprint density at radius 3 is 2.31 bits per heavy atom. The van der Waals surface area contributed by atoms with Crippen LogP contribution in [-0.2, 0) is 0 Å². The number of nitrogens with one attached hydrogen (secondary N) is 1. The molecule has 1 nitrogen and oxygen atoms in total. The molecule has 0 amide bonds. The quantitative estimate of drug-likeness (QED) is 0.774. The van der Waals surface area contributed by atoms with Crippen molar-refractivity contribution in [1.82, 2.24) is 5.32 Å². The van der Waals surface area contributed by atoms with Gasteiger partial charge in [0.15, 0.2) is 0 Å². The van der Waals surface area contributed by atoms with E-state index in [9.17, 15) is 0 Å². The Morgan fingerprint density at radius 1 is 1.31 bits per heavy atom. The van der Waals surface area contributed by atoms with Crippen LogP contribution in [0.1, 0.15) is 50.1 Å². The summed E-state index contributed by atoms with van der Waals surface area (Å²) in [6.07, 6.45) is 2.39. The van der Waals surface area contributed by atoms with Gasteiger partial charge < -0.3 is 5.32 Å². The lowest BCUT2D eigenvalue weighted by atomic mass is 9.92. The Kier molecular flexibility index (Phi) is 5.81. The molecular weight excluding hydrogens is 238 g/mol. The fraction of sp³-hybridized carbons (Fsp3) is 0.692. The Morgan fingerprint density at radius 2 is 1.94 bits per heavy atom. The van der Waals surface area contributed by atoms with E-state index < -0.39 is 0 Å². The first kappa shape index (κ1) is 14.0. The zero-order valence-corrected chi connectivity index (χ0v) is 12.2. The molecule has 0 radical (unpaired) electrons. The third-order valence-electron chi connectivity index (χ3n) is 3.15. The summed E-state index contributed by atoms with van der Waals surface area (Å²) in [7, 11) is 0. The van der Waals surface area contributed by atoms with E-state index >= 15 is 0 Å².